The van der Waals surface area contributed by atoms with E-state index >= 15 is 0 Å². The van der Waals surface area contributed by atoms with Crippen molar-refractivity contribution < 1.29 is 23.2 Å². The van der Waals surface area contributed by atoms with E-state index in [1.54, 1.807) is 12.3 Å². The van der Waals surface area contributed by atoms with E-state index in [2.05, 4.69) is 0 Å². The first-order valence-corrected chi connectivity index (χ1v) is 12.1. The highest BCUT2D eigenvalue weighted by molar-refractivity contribution is 7.92. The van der Waals surface area contributed by atoms with Crippen molar-refractivity contribution in [3.63, 3.8) is 0 Å². The normalized spacial score (nSPS) is 13.2. The van der Waals surface area contributed by atoms with Gasteiger partial charge in [-0.05, 0) is 48.2 Å². The molecule has 0 aliphatic carbocycles. The number of hydrogen-bond acceptors (Lipinski definition) is 6. The number of nitrogens with one attached hydrogen (secondary N) is 1. The van der Waals surface area contributed by atoms with Crippen LogP contribution in [0, 0.1) is 0 Å². The summed E-state index contributed by atoms with van der Waals surface area (Å²) >= 11 is 0. The van der Waals surface area contributed by atoms with Gasteiger partial charge < -0.3 is 9.30 Å². The van der Waals surface area contributed by atoms with Crippen LogP contribution in [0.25, 0.3) is 11.1 Å². The number of carbonyl (C=O) groups is 1. The van der Waals surface area contributed by atoms with Crippen LogP contribution < -0.4 is 15.8 Å². The van der Waals surface area contributed by atoms with Gasteiger partial charge in [-0.25, -0.2) is 13.9 Å². The first kappa shape index (κ1) is 24.2. The van der Waals surface area contributed by atoms with E-state index in [0.717, 1.165) is 17.4 Å². The largest absolute Gasteiger partial charge is 0.489 e. The highest BCUT2D eigenvalue weighted by atomic mass is 32.2. The molecule has 0 bridgehead atoms. The Hall–Kier alpha value is -3.43. The van der Waals surface area contributed by atoms with Gasteiger partial charge in [0.1, 0.15) is 12.4 Å². The van der Waals surface area contributed by atoms with Crippen LogP contribution in [-0.4, -0.2) is 35.1 Å². The first-order valence-electron chi connectivity index (χ1n) is 10.3. The zero-order chi connectivity index (χ0) is 24.1. The Balaban J connectivity index is 1.70. The molecule has 1 amide bonds. The predicted octanol–water partition coefficient (Wildman–Crippen LogP) is 2.79. The van der Waals surface area contributed by atoms with Gasteiger partial charge in [0.25, 0.3) is 11.5 Å². The van der Waals surface area contributed by atoms with Crippen LogP contribution in [-0.2, 0) is 27.8 Å². The van der Waals surface area contributed by atoms with Crippen molar-refractivity contribution in [2.75, 3.05) is 6.26 Å². The molecule has 174 valence electrons. The monoisotopic (exact) mass is 470 g/mol. The Kier molecular flexibility index (Phi) is 7.35. The second-order valence-corrected chi connectivity index (χ2v) is 10.4. The van der Waals surface area contributed by atoms with Gasteiger partial charge in [-0.15, -0.1) is 0 Å². The number of amides is 1. The van der Waals surface area contributed by atoms with Gasteiger partial charge in [0, 0.05) is 25.1 Å². The number of pyridine rings is 1. The van der Waals surface area contributed by atoms with Gasteiger partial charge in [0.05, 0.1) is 0 Å². The third-order valence-electron chi connectivity index (χ3n) is 5.66. The molecule has 9 heteroatoms. The van der Waals surface area contributed by atoms with Crippen LogP contribution in [0.4, 0.5) is 0 Å². The number of ether oxygens (including phenoxy) is 1. The zero-order valence-corrected chi connectivity index (χ0v) is 19.2. The van der Waals surface area contributed by atoms with Crippen LogP contribution in [0.3, 0.4) is 0 Å². The van der Waals surface area contributed by atoms with Crippen LogP contribution >= 0.6 is 0 Å². The van der Waals surface area contributed by atoms with Crippen LogP contribution in [0.2, 0.25) is 0 Å². The quantitative estimate of drug-likeness (QED) is 0.367. The molecule has 0 fully saturated rings. The maximum absolute atomic E-state index is 12.6. The number of sulfone groups is 1. The summed E-state index contributed by atoms with van der Waals surface area (Å²) in [4.78, 5) is 24.5. The molecule has 0 aliphatic rings. The summed E-state index contributed by atoms with van der Waals surface area (Å²) in [6, 6.07) is 20.4. The van der Waals surface area contributed by atoms with Crippen molar-refractivity contribution in [2.24, 2.45) is 0 Å². The number of rotatable bonds is 9. The van der Waals surface area contributed by atoms with Crippen LogP contribution in [0.1, 0.15) is 18.9 Å². The Morgan fingerprint density at radius 1 is 1.06 bits per heavy atom. The number of aryl methyl sites for hydroxylation is 1. The fourth-order valence-electron chi connectivity index (χ4n) is 3.28. The lowest BCUT2D eigenvalue weighted by molar-refractivity contribution is -0.131. The second kappa shape index (κ2) is 10.0. The lowest BCUT2D eigenvalue weighted by Gasteiger charge is -2.25. The van der Waals surface area contributed by atoms with E-state index in [4.69, 9.17) is 9.94 Å². The highest BCUT2D eigenvalue weighted by Gasteiger charge is 2.43. The molecule has 0 radical (unpaired) electrons. The third kappa shape index (κ3) is 5.68. The predicted molar refractivity (Wildman–Crippen MR) is 125 cm³/mol. The zero-order valence-electron chi connectivity index (χ0n) is 18.4. The Morgan fingerprint density at radius 3 is 2.30 bits per heavy atom. The van der Waals surface area contributed by atoms with Crippen LogP contribution in [0.15, 0.2) is 77.7 Å². The Bertz CT molecular complexity index is 1270. The molecule has 2 N–H and O–H groups in total. The molecule has 0 saturated carbocycles. The topological polar surface area (TPSA) is 115 Å². The fraction of sp³-hybridized carbons (Fsp3) is 0.250. The summed E-state index contributed by atoms with van der Waals surface area (Å²) in [5.74, 6) is -0.331. The van der Waals surface area contributed by atoms with Crippen molar-refractivity contribution in [1.82, 2.24) is 10.0 Å². The molecule has 0 aliphatic heterocycles. The van der Waals surface area contributed by atoms with Gasteiger partial charge in [-0.3, -0.25) is 14.8 Å². The molecule has 0 spiro atoms. The maximum Gasteiger partial charge on any atom is 0.264 e. The summed E-state index contributed by atoms with van der Waals surface area (Å²) in [7, 11) is -3.84. The Labute approximate surface area is 192 Å². The molecular formula is C24H26N2O6S. The molecule has 3 aromatic rings. The van der Waals surface area contributed by atoms with Gasteiger partial charge in [0.15, 0.2) is 14.6 Å². The van der Waals surface area contributed by atoms with Gasteiger partial charge >= 0.3 is 0 Å². The summed E-state index contributed by atoms with van der Waals surface area (Å²) in [6.07, 6.45) is 2.29. The number of hydroxylamine groups is 1. The minimum absolute atomic E-state index is 0.0115. The van der Waals surface area contributed by atoms with E-state index in [1.165, 1.54) is 23.0 Å². The smallest absolute Gasteiger partial charge is 0.264 e. The minimum atomic E-state index is -3.84. The van der Waals surface area contributed by atoms with E-state index < -0.39 is 20.5 Å². The van der Waals surface area contributed by atoms with Crippen molar-refractivity contribution in [2.45, 2.75) is 31.2 Å². The lowest BCUT2D eigenvalue weighted by atomic mass is 10.1. The van der Waals surface area contributed by atoms with E-state index in [1.807, 2.05) is 54.6 Å². The maximum atomic E-state index is 12.6. The fourth-order valence-corrected chi connectivity index (χ4v) is 4.12. The van der Waals surface area contributed by atoms with Crippen molar-refractivity contribution in [1.29, 1.82) is 0 Å². The van der Waals surface area contributed by atoms with E-state index in [-0.39, 0.29) is 18.5 Å². The lowest BCUT2D eigenvalue weighted by Crippen LogP contribution is -2.49. The molecule has 1 aromatic heterocycles. The average molecular weight is 471 g/mol. The number of hydrogen-bond donors (Lipinski definition) is 2. The van der Waals surface area contributed by atoms with E-state index in [0.29, 0.717) is 17.9 Å². The van der Waals surface area contributed by atoms with Gasteiger partial charge in [-0.2, -0.15) is 0 Å². The molecule has 2 aromatic carbocycles. The molecule has 1 atom stereocenters. The first-order chi connectivity index (χ1) is 15.6. The highest BCUT2D eigenvalue weighted by Crippen LogP contribution is 2.24. The summed E-state index contributed by atoms with van der Waals surface area (Å²) in [6.45, 7) is 1.66. The van der Waals surface area contributed by atoms with Gasteiger partial charge in [-0.1, -0.05) is 42.5 Å². The van der Waals surface area contributed by atoms with Crippen molar-refractivity contribution >= 4 is 15.7 Å². The van der Waals surface area contributed by atoms with E-state index in [9.17, 15) is 18.0 Å². The SMILES string of the molecule is C[C@](CCn1ccc(-c2ccc(OCc3ccccc3)cc2)cc1=O)(C(=O)NO)S(C)(=O)=O. The second-order valence-electron chi connectivity index (χ2n) is 7.94. The average Bonchev–Trinajstić information content (AvgIpc) is 2.81. The van der Waals surface area contributed by atoms with Crippen LogP contribution in [0.5, 0.6) is 5.75 Å². The van der Waals surface area contributed by atoms with Crippen molar-refractivity contribution in [3.05, 3.63) is 88.8 Å². The molecule has 33 heavy (non-hydrogen) atoms. The summed E-state index contributed by atoms with van der Waals surface area (Å²) in [5.41, 5.74) is 3.65. The third-order valence-corrected chi connectivity index (χ3v) is 7.69. The molecule has 8 nitrogen and oxygen atoms in total. The Morgan fingerprint density at radius 2 is 1.73 bits per heavy atom. The molecular weight excluding hydrogens is 444 g/mol. The number of benzene rings is 2. The number of nitrogens with zero attached hydrogens (tertiary/aromatic N) is 1. The summed E-state index contributed by atoms with van der Waals surface area (Å²) < 4.78 is 29.4. The minimum Gasteiger partial charge on any atom is -0.489 e. The summed E-state index contributed by atoms with van der Waals surface area (Å²) in [5, 5.41) is 8.92. The number of aromatic nitrogens is 1. The molecule has 3 rings (SSSR count). The molecule has 0 unspecified atom stereocenters. The standard InChI is InChI=1S/C24H26N2O6S/c1-24(23(28)25-29,33(2,30)31)13-15-26-14-12-20(16-22(26)27)19-8-10-21(11-9-19)32-17-18-6-4-3-5-7-18/h3-12,14,16,29H,13,15,17H2,1-2H3,(H,25,28)/t24-/m0/s1. The number of carbonyl (C=O) groups excluding carboxylic acids is 1. The van der Waals surface area contributed by atoms with Gasteiger partial charge in [0.2, 0.25) is 0 Å². The van der Waals surface area contributed by atoms with Crippen molar-refractivity contribution in [3.8, 4) is 16.9 Å². The molecule has 1 heterocycles. The molecule has 0 saturated heterocycles.